The topological polar surface area (TPSA) is 27.7 Å². The van der Waals surface area contributed by atoms with Crippen molar-refractivity contribution >= 4 is 0 Å². The first kappa shape index (κ1) is 23.2. The van der Waals surface area contributed by atoms with Crippen molar-refractivity contribution in [2.75, 3.05) is 13.2 Å². The smallest absolute Gasteiger partial charge is 0.205 e. The highest BCUT2D eigenvalue weighted by Gasteiger charge is 2.29. The lowest BCUT2D eigenvalue weighted by atomic mass is 9.95. The standard InChI is InChI=1S/C25H29F3O3/c1-5-11-29-20-13-19-12-18-10-9-17(8-7-15(3)14-30-16(4)6-2)21(26)24(18)31-25(19)23(28)22(20)27/h5,9-10,13,15-16H,1,6-8,11-12,14H2,2-4H3. The monoisotopic (exact) mass is 434 g/mol. The van der Waals surface area contributed by atoms with E-state index in [1.807, 2.05) is 6.92 Å². The van der Waals surface area contributed by atoms with Crippen LogP contribution in [0.2, 0.25) is 0 Å². The second-order valence-corrected chi connectivity index (χ2v) is 8.09. The zero-order valence-corrected chi connectivity index (χ0v) is 18.3. The predicted octanol–water partition coefficient (Wildman–Crippen LogP) is 6.75. The SMILES string of the molecule is C=CCOc1cc2c(c(F)c1F)Oc1c(ccc(CCC(C)COC(C)CC)c1F)C2. The molecule has 6 heteroatoms. The van der Waals surface area contributed by atoms with Crippen LogP contribution < -0.4 is 9.47 Å². The highest BCUT2D eigenvalue weighted by atomic mass is 19.2. The van der Waals surface area contributed by atoms with Crippen LogP contribution in [0.1, 0.15) is 50.3 Å². The molecule has 0 amide bonds. The molecule has 31 heavy (non-hydrogen) atoms. The molecule has 0 N–H and O–H groups in total. The van der Waals surface area contributed by atoms with Crippen molar-refractivity contribution in [3.05, 3.63) is 65.0 Å². The second-order valence-electron chi connectivity index (χ2n) is 8.09. The van der Waals surface area contributed by atoms with E-state index in [0.717, 1.165) is 12.8 Å². The highest BCUT2D eigenvalue weighted by Crippen LogP contribution is 2.43. The maximum Gasteiger partial charge on any atom is 0.205 e. The molecular weight excluding hydrogens is 405 g/mol. The van der Waals surface area contributed by atoms with Crippen LogP contribution in [0.25, 0.3) is 0 Å². The van der Waals surface area contributed by atoms with Crippen molar-refractivity contribution < 1.29 is 27.4 Å². The third-order valence-electron chi connectivity index (χ3n) is 5.55. The van der Waals surface area contributed by atoms with Crippen LogP contribution >= 0.6 is 0 Å². The maximum absolute atomic E-state index is 15.1. The first-order chi connectivity index (χ1) is 14.8. The number of aryl methyl sites for hydroxylation is 1. The summed E-state index contributed by atoms with van der Waals surface area (Å²) in [5.74, 6) is -3.13. The van der Waals surface area contributed by atoms with Crippen molar-refractivity contribution in [3.8, 4) is 17.2 Å². The Morgan fingerprint density at radius 1 is 1.10 bits per heavy atom. The lowest BCUT2D eigenvalue weighted by molar-refractivity contribution is 0.0401. The summed E-state index contributed by atoms with van der Waals surface area (Å²) in [6.07, 6.45) is 4.07. The van der Waals surface area contributed by atoms with Crippen molar-refractivity contribution in [3.63, 3.8) is 0 Å². The fourth-order valence-electron chi connectivity index (χ4n) is 3.45. The number of rotatable bonds is 10. The fraction of sp³-hybridized carbons (Fsp3) is 0.440. The molecule has 2 aromatic carbocycles. The molecule has 0 saturated heterocycles. The molecule has 0 radical (unpaired) electrons. The molecular formula is C25H29F3O3. The Balaban J connectivity index is 1.75. The fourth-order valence-corrected chi connectivity index (χ4v) is 3.45. The summed E-state index contributed by atoms with van der Waals surface area (Å²) in [7, 11) is 0. The summed E-state index contributed by atoms with van der Waals surface area (Å²) in [6.45, 7) is 10.3. The first-order valence-corrected chi connectivity index (χ1v) is 10.7. The Kier molecular flexibility index (Phi) is 7.65. The Bertz CT molecular complexity index is 942. The largest absolute Gasteiger partial charge is 0.486 e. The van der Waals surface area contributed by atoms with E-state index in [9.17, 15) is 8.78 Å². The van der Waals surface area contributed by atoms with Gasteiger partial charge in [-0.3, -0.25) is 0 Å². The van der Waals surface area contributed by atoms with E-state index in [1.165, 1.54) is 12.1 Å². The first-order valence-electron chi connectivity index (χ1n) is 10.7. The van der Waals surface area contributed by atoms with Crippen molar-refractivity contribution in [1.82, 2.24) is 0 Å². The summed E-state index contributed by atoms with van der Waals surface area (Å²) < 4.78 is 60.5. The van der Waals surface area contributed by atoms with Gasteiger partial charge in [-0.1, -0.05) is 38.6 Å². The molecule has 3 nitrogen and oxygen atoms in total. The van der Waals surface area contributed by atoms with Crippen molar-refractivity contribution in [2.45, 2.75) is 52.6 Å². The molecule has 1 aliphatic heterocycles. The number of hydrogen-bond donors (Lipinski definition) is 0. The lowest BCUT2D eigenvalue weighted by Gasteiger charge is -2.23. The third kappa shape index (κ3) is 5.24. The number of halogens is 3. The molecule has 0 saturated carbocycles. The van der Waals surface area contributed by atoms with Gasteiger partial charge < -0.3 is 14.2 Å². The maximum atomic E-state index is 15.1. The quantitative estimate of drug-likeness (QED) is 0.330. The summed E-state index contributed by atoms with van der Waals surface area (Å²) in [5.41, 5.74) is 1.49. The molecule has 0 aromatic heterocycles. The summed E-state index contributed by atoms with van der Waals surface area (Å²) in [5, 5.41) is 0. The minimum absolute atomic E-state index is 0.0356. The van der Waals surface area contributed by atoms with Crippen LogP contribution in [-0.4, -0.2) is 19.3 Å². The Morgan fingerprint density at radius 2 is 1.84 bits per heavy atom. The summed E-state index contributed by atoms with van der Waals surface area (Å²) in [4.78, 5) is 0. The van der Waals surface area contributed by atoms with E-state index in [2.05, 4.69) is 20.4 Å². The molecule has 0 bridgehead atoms. The molecule has 0 spiro atoms. The minimum atomic E-state index is -1.18. The Hall–Kier alpha value is -2.47. The van der Waals surface area contributed by atoms with Crippen LogP contribution in [0.4, 0.5) is 13.2 Å². The van der Waals surface area contributed by atoms with E-state index in [4.69, 9.17) is 14.2 Å². The van der Waals surface area contributed by atoms with E-state index >= 15 is 4.39 Å². The Labute approximate surface area is 181 Å². The van der Waals surface area contributed by atoms with Gasteiger partial charge in [-0.15, -0.1) is 0 Å². The molecule has 2 atom stereocenters. The number of fused-ring (bicyclic) bond motifs is 2. The van der Waals surface area contributed by atoms with E-state index < -0.39 is 17.5 Å². The van der Waals surface area contributed by atoms with Crippen molar-refractivity contribution in [1.29, 1.82) is 0 Å². The number of benzene rings is 2. The van der Waals surface area contributed by atoms with Gasteiger partial charge in [-0.25, -0.2) is 4.39 Å². The van der Waals surface area contributed by atoms with Gasteiger partial charge in [0, 0.05) is 24.2 Å². The summed E-state index contributed by atoms with van der Waals surface area (Å²) >= 11 is 0. The normalized spacial score (nSPS) is 14.3. The van der Waals surface area contributed by atoms with Crippen LogP contribution in [0.5, 0.6) is 17.2 Å². The highest BCUT2D eigenvalue weighted by molar-refractivity contribution is 5.54. The lowest BCUT2D eigenvalue weighted by Crippen LogP contribution is -2.14. The van der Waals surface area contributed by atoms with Gasteiger partial charge in [-0.05, 0) is 43.7 Å². The van der Waals surface area contributed by atoms with Gasteiger partial charge in [0.25, 0.3) is 0 Å². The molecule has 1 heterocycles. The average Bonchev–Trinajstić information content (AvgIpc) is 2.77. The van der Waals surface area contributed by atoms with Gasteiger partial charge in [-0.2, -0.15) is 8.78 Å². The molecule has 2 unspecified atom stereocenters. The average molecular weight is 434 g/mol. The van der Waals surface area contributed by atoms with Crippen LogP contribution in [0, 0.1) is 23.4 Å². The molecule has 168 valence electrons. The summed E-state index contributed by atoms with van der Waals surface area (Å²) in [6, 6.07) is 4.91. The molecule has 0 fully saturated rings. The molecule has 0 aliphatic carbocycles. The van der Waals surface area contributed by atoms with E-state index in [-0.39, 0.29) is 42.3 Å². The van der Waals surface area contributed by atoms with Gasteiger partial charge in [0.2, 0.25) is 11.6 Å². The molecule has 3 rings (SSSR count). The van der Waals surface area contributed by atoms with Gasteiger partial charge in [0.15, 0.2) is 23.1 Å². The third-order valence-corrected chi connectivity index (χ3v) is 5.55. The van der Waals surface area contributed by atoms with Crippen LogP contribution in [0.3, 0.4) is 0 Å². The van der Waals surface area contributed by atoms with Gasteiger partial charge in [0.05, 0.1) is 6.10 Å². The molecule has 1 aliphatic rings. The predicted molar refractivity (Wildman–Crippen MR) is 115 cm³/mol. The van der Waals surface area contributed by atoms with E-state index in [0.29, 0.717) is 29.7 Å². The number of hydrogen-bond acceptors (Lipinski definition) is 3. The second kappa shape index (κ2) is 10.2. The van der Waals surface area contributed by atoms with Gasteiger partial charge in [0.1, 0.15) is 6.61 Å². The minimum Gasteiger partial charge on any atom is -0.486 e. The zero-order valence-electron chi connectivity index (χ0n) is 18.3. The Morgan fingerprint density at radius 3 is 2.55 bits per heavy atom. The zero-order chi connectivity index (χ0) is 22.5. The van der Waals surface area contributed by atoms with Crippen molar-refractivity contribution in [2.24, 2.45) is 5.92 Å². The molecule has 2 aromatic rings. The van der Waals surface area contributed by atoms with Gasteiger partial charge >= 0.3 is 0 Å². The number of ether oxygens (including phenoxy) is 3. The van der Waals surface area contributed by atoms with Crippen LogP contribution in [-0.2, 0) is 17.6 Å². The van der Waals surface area contributed by atoms with E-state index in [1.54, 1.807) is 12.1 Å². The van der Waals surface area contributed by atoms with Crippen LogP contribution in [0.15, 0.2) is 30.9 Å².